The Labute approximate surface area is 119 Å². The van der Waals surface area contributed by atoms with Crippen LogP contribution < -0.4 is 10.6 Å². The van der Waals surface area contributed by atoms with Gasteiger partial charge in [-0.05, 0) is 33.1 Å². The molecule has 1 heterocycles. The van der Waals surface area contributed by atoms with Crippen LogP contribution >= 0.6 is 0 Å². The predicted octanol–water partition coefficient (Wildman–Crippen LogP) is 1.16. The first-order valence-corrected chi connectivity index (χ1v) is 7.33. The van der Waals surface area contributed by atoms with Gasteiger partial charge in [-0.25, -0.2) is 4.79 Å². The lowest BCUT2D eigenvalue weighted by Gasteiger charge is -2.16. The van der Waals surface area contributed by atoms with Crippen LogP contribution in [0.1, 0.15) is 52.4 Å². The lowest BCUT2D eigenvalue weighted by molar-refractivity contribution is -0.130. The fourth-order valence-corrected chi connectivity index (χ4v) is 2.79. The van der Waals surface area contributed by atoms with Gasteiger partial charge in [0.2, 0.25) is 5.91 Å². The van der Waals surface area contributed by atoms with Crippen molar-refractivity contribution in [3.05, 3.63) is 0 Å². The van der Waals surface area contributed by atoms with Gasteiger partial charge >= 0.3 is 6.03 Å². The van der Waals surface area contributed by atoms with Gasteiger partial charge in [0.05, 0.1) is 0 Å². The number of hydrogen-bond acceptors (Lipinski definition) is 3. The summed E-state index contributed by atoms with van der Waals surface area (Å²) in [7, 11) is 0. The molecule has 2 N–H and O–H groups in total. The first-order valence-electron chi connectivity index (χ1n) is 7.33. The van der Waals surface area contributed by atoms with Gasteiger partial charge in [-0.15, -0.1) is 0 Å². The third kappa shape index (κ3) is 3.29. The predicted molar refractivity (Wildman–Crippen MR) is 74.0 cm³/mol. The minimum absolute atomic E-state index is 0.0169. The summed E-state index contributed by atoms with van der Waals surface area (Å²) in [6.45, 7) is 3.66. The molecule has 1 aliphatic carbocycles. The second-order valence-electron chi connectivity index (χ2n) is 6.16. The summed E-state index contributed by atoms with van der Waals surface area (Å²) in [6.07, 6.45) is 5.35. The summed E-state index contributed by atoms with van der Waals surface area (Å²) >= 11 is 0. The van der Waals surface area contributed by atoms with Crippen LogP contribution in [0.4, 0.5) is 4.79 Å². The summed E-state index contributed by atoms with van der Waals surface area (Å²) in [5.41, 5.74) is -0.830. The molecule has 0 atom stereocenters. The van der Waals surface area contributed by atoms with Crippen LogP contribution in [0, 0.1) is 0 Å². The molecule has 2 rings (SSSR count). The molecule has 0 bridgehead atoms. The van der Waals surface area contributed by atoms with E-state index in [1.54, 1.807) is 13.8 Å². The molecule has 112 valence electrons. The van der Waals surface area contributed by atoms with Gasteiger partial charge in [-0.1, -0.05) is 12.8 Å². The summed E-state index contributed by atoms with van der Waals surface area (Å²) < 4.78 is 0. The van der Waals surface area contributed by atoms with Crippen LogP contribution in [0.3, 0.4) is 0 Å². The van der Waals surface area contributed by atoms with E-state index in [4.69, 9.17) is 0 Å². The number of nitrogens with zero attached hydrogens (tertiary/aromatic N) is 1. The third-order valence-corrected chi connectivity index (χ3v) is 3.95. The molecular weight excluding hydrogens is 258 g/mol. The number of carbonyl (C=O) groups excluding carboxylic acids is 3. The average Bonchev–Trinajstić information content (AvgIpc) is 2.91. The highest BCUT2D eigenvalue weighted by molar-refractivity contribution is 6.06. The van der Waals surface area contributed by atoms with Crippen molar-refractivity contribution in [1.82, 2.24) is 15.5 Å². The summed E-state index contributed by atoms with van der Waals surface area (Å²) in [5, 5.41) is 5.63. The van der Waals surface area contributed by atoms with E-state index >= 15 is 0 Å². The van der Waals surface area contributed by atoms with Crippen molar-refractivity contribution in [3.63, 3.8) is 0 Å². The van der Waals surface area contributed by atoms with E-state index in [2.05, 4.69) is 10.6 Å². The topological polar surface area (TPSA) is 78.5 Å². The number of imide groups is 1. The van der Waals surface area contributed by atoms with Crippen molar-refractivity contribution in [2.24, 2.45) is 0 Å². The maximum atomic E-state index is 11.9. The highest BCUT2D eigenvalue weighted by Crippen LogP contribution is 2.18. The molecule has 0 aromatic carbocycles. The van der Waals surface area contributed by atoms with Crippen molar-refractivity contribution in [2.45, 2.75) is 64.0 Å². The lowest BCUT2D eigenvalue weighted by Crippen LogP contribution is -2.40. The Morgan fingerprint density at radius 3 is 2.55 bits per heavy atom. The minimum atomic E-state index is -0.830. The van der Waals surface area contributed by atoms with Crippen LogP contribution in [-0.2, 0) is 9.59 Å². The molecule has 1 aliphatic heterocycles. The summed E-state index contributed by atoms with van der Waals surface area (Å²) in [5.74, 6) is -0.207. The van der Waals surface area contributed by atoms with E-state index < -0.39 is 5.54 Å². The molecule has 0 radical (unpaired) electrons. The Kier molecular flexibility index (Phi) is 4.30. The van der Waals surface area contributed by atoms with Gasteiger partial charge in [-0.2, -0.15) is 0 Å². The number of carbonyl (C=O) groups is 3. The van der Waals surface area contributed by atoms with Crippen LogP contribution in [0.5, 0.6) is 0 Å². The normalized spacial score (nSPS) is 22.2. The smallest absolute Gasteiger partial charge is 0.325 e. The highest BCUT2D eigenvalue weighted by atomic mass is 16.2. The van der Waals surface area contributed by atoms with Crippen LogP contribution in [0.2, 0.25) is 0 Å². The number of nitrogens with one attached hydrogen (secondary N) is 2. The van der Waals surface area contributed by atoms with E-state index in [1.807, 2.05) is 0 Å². The first kappa shape index (κ1) is 14.8. The maximum Gasteiger partial charge on any atom is 0.325 e. The summed E-state index contributed by atoms with van der Waals surface area (Å²) in [6, 6.07) is -0.0469. The largest absolute Gasteiger partial charge is 0.353 e. The van der Waals surface area contributed by atoms with Crippen molar-refractivity contribution in [1.29, 1.82) is 0 Å². The van der Waals surface area contributed by atoms with Crippen LogP contribution in [0.15, 0.2) is 0 Å². The molecule has 2 aliphatic rings. The summed E-state index contributed by atoms with van der Waals surface area (Å²) in [4.78, 5) is 36.5. The van der Waals surface area contributed by atoms with E-state index in [9.17, 15) is 14.4 Å². The van der Waals surface area contributed by atoms with Crippen LogP contribution in [-0.4, -0.2) is 40.9 Å². The number of amides is 4. The van der Waals surface area contributed by atoms with Gasteiger partial charge in [-0.3, -0.25) is 14.5 Å². The van der Waals surface area contributed by atoms with Gasteiger partial charge in [0.15, 0.2) is 0 Å². The Balaban J connectivity index is 1.71. The number of hydrogen-bond donors (Lipinski definition) is 2. The highest BCUT2D eigenvalue weighted by Gasteiger charge is 2.43. The van der Waals surface area contributed by atoms with E-state index in [0.717, 1.165) is 12.8 Å². The maximum absolute atomic E-state index is 11.9. The molecule has 2 fully saturated rings. The molecule has 1 saturated carbocycles. The van der Waals surface area contributed by atoms with Gasteiger partial charge < -0.3 is 10.6 Å². The Bertz CT molecular complexity index is 414. The quantitative estimate of drug-likeness (QED) is 0.742. The molecule has 1 saturated heterocycles. The molecule has 0 spiro atoms. The molecular formula is C14H23N3O3. The fraction of sp³-hybridized carbons (Fsp3) is 0.786. The van der Waals surface area contributed by atoms with E-state index in [-0.39, 0.29) is 17.8 Å². The zero-order valence-electron chi connectivity index (χ0n) is 12.2. The van der Waals surface area contributed by atoms with Crippen molar-refractivity contribution in [2.75, 3.05) is 6.54 Å². The molecule has 6 nitrogen and oxygen atoms in total. The first-order chi connectivity index (χ1) is 9.40. The average molecular weight is 281 g/mol. The van der Waals surface area contributed by atoms with Crippen molar-refractivity contribution in [3.8, 4) is 0 Å². The standard InChI is InChI=1S/C14H23N3O3/c1-14(2)12(19)17(13(20)16-14)9-5-8-11(18)15-10-6-3-4-7-10/h10H,3-9H2,1-2H3,(H,15,18)(H,16,20). The van der Waals surface area contributed by atoms with Gasteiger partial charge in [0.25, 0.3) is 5.91 Å². The van der Waals surface area contributed by atoms with Gasteiger partial charge in [0, 0.05) is 19.0 Å². The molecule has 20 heavy (non-hydrogen) atoms. The fourth-order valence-electron chi connectivity index (χ4n) is 2.79. The zero-order chi connectivity index (χ0) is 14.8. The zero-order valence-corrected chi connectivity index (χ0v) is 12.2. The SMILES string of the molecule is CC1(C)NC(=O)N(CCCC(=O)NC2CCCC2)C1=O. The molecule has 0 aromatic rings. The molecule has 0 aromatic heterocycles. The lowest BCUT2D eigenvalue weighted by atomic mass is 10.1. The molecule has 0 unspecified atom stereocenters. The Hall–Kier alpha value is -1.59. The van der Waals surface area contributed by atoms with E-state index in [0.29, 0.717) is 25.4 Å². The number of urea groups is 1. The Morgan fingerprint density at radius 1 is 1.35 bits per heavy atom. The van der Waals surface area contributed by atoms with Crippen molar-refractivity contribution >= 4 is 17.8 Å². The second kappa shape index (κ2) is 5.81. The van der Waals surface area contributed by atoms with E-state index in [1.165, 1.54) is 17.7 Å². The monoisotopic (exact) mass is 281 g/mol. The van der Waals surface area contributed by atoms with Gasteiger partial charge in [0.1, 0.15) is 5.54 Å². The van der Waals surface area contributed by atoms with Crippen LogP contribution in [0.25, 0.3) is 0 Å². The minimum Gasteiger partial charge on any atom is -0.353 e. The second-order valence-corrected chi connectivity index (χ2v) is 6.16. The Morgan fingerprint density at radius 2 is 2.00 bits per heavy atom. The molecule has 4 amide bonds. The van der Waals surface area contributed by atoms with Crippen molar-refractivity contribution < 1.29 is 14.4 Å². The number of rotatable bonds is 5. The third-order valence-electron chi connectivity index (χ3n) is 3.95. The molecule has 6 heteroatoms.